The third-order valence-electron chi connectivity index (χ3n) is 3.29. The molecule has 0 bridgehead atoms. The summed E-state index contributed by atoms with van der Waals surface area (Å²) in [7, 11) is 4.24. The van der Waals surface area contributed by atoms with E-state index in [1.807, 2.05) is 0 Å². The Morgan fingerprint density at radius 2 is 1.68 bits per heavy atom. The van der Waals surface area contributed by atoms with E-state index in [1.165, 1.54) is 31.5 Å². The molecule has 0 radical (unpaired) electrons. The molecule has 0 spiro atoms. The fourth-order valence-electron chi connectivity index (χ4n) is 1.93. The largest absolute Gasteiger partial charge is 0.465 e. The van der Waals surface area contributed by atoms with Crippen LogP contribution in [0, 0.1) is 0 Å². The maximum Gasteiger partial charge on any atom is 0.339 e. The second-order valence-corrected chi connectivity index (χ2v) is 7.65. The SMILES string of the molecule is C=C(/C(=C\C(=C\N(C)C)S(=O)(=O)c1ccccc1)C(=O)OC)N(C)C. The van der Waals surface area contributed by atoms with E-state index in [4.69, 9.17) is 4.74 Å². The number of nitrogens with zero attached hydrogens (tertiary/aromatic N) is 2. The molecule has 136 valence electrons. The van der Waals surface area contributed by atoms with Gasteiger partial charge in [0.25, 0.3) is 0 Å². The van der Waals surface area contributed by atoms with Gasteiger partial charge in [-0.15, -0.1) is 0 Å². The molecule has 1 rings (SSSR count). The summed E-state index contributed by atoms with van der Waals surface area (Å²) in [4.78, 5) is 15.4. The van der Waals surface area contributed by atoms with Gasteiger partial charge in [0.05, 0.1) is 22.5 Å². The van der Waals surface area contributed by atoms with Gasteiger partial charge in [0.1, 0.15) is 0 Å². The quantitative estimate of drug-likeness (QED) is 0.419. The summed E-state index contributed by atoms with van der Waals surface area (Å²) < 4.78 is 30.7. The minimum Gasteiger partial charge on any atom is -0.465 e. The molecule has 0 aliphatic rings. The average molecular weight is 364 g/mol. The second kappa shape index (κ2) is 8.53. The van der Waals surface area contributed by atoms with Crippen LogP contribution in [0.4, 0.5) is 0 Å². The predicted molar refractivity (Wildman–Crippen MR) is 98.3 cm³/mol. The molecule has 1 aromatic carbocycles. The minimum absolute atomic E-state index is 0.0351. The summed E-state index contributed by atoms with van der Waals surface area (Å²) in [6.07, 6.45) is 2.73. The molecule has 6 nitrogen and oxygen atoms in total. The molecule has 0 saturated carbocycles. The Balaban J connectivity index is 3.59. The van der Waals surface area contributed by atoms with Gasteiger partial charge < -0.3 is 14.5 Å². The van der Waals surface area contributed by atoms with E-state index in [0.29, 0.717) is 5.70 Å². The van der Waals surface area contributed by atoms with Gasteiger partial charge in [0.2, 0.25) is 9.84 Å². The number of carbonyl (C=O) groups is 1. The zero-order valence-electron chi connectivity index (χ0n) is 15.2. The van der Waals surface area contributed by atoms with E-state index in [9.17, 15) is 13.2 Å². The Labute approximate surface area is 149 Å². The highest BCUT2D eigenvalue weighted by molar-refractivity contribution is 7.95. The molecule has 0 aliphatic heterocycles. The number of hydrogen-bond donors (Lipinski definition) is 0. The first kappa shape index (κ1) is 20.5. The third kappa shape index (κ3) is 5.22. The zero-order valence-corrected chi connectivity index (χ0v) is 16.0. The number of hydrogen-bond acceptors (Lipinski definition) is 6. The summed E-state index contributed by atoms with van der Waals surface area (Å²) >= 11 is 0. The number of likely N-dealkylation sites (N-methyl/N-ethyl adjacent to an activating group) is 1. The van der Waals surface area contributed by atoms with Crippen LogP contribution in [-0.4, -0.2) is 59.5 Å². The highest BCUT2D eigenvalue weighted by Crippen LogP contribution is 2.24. The van der Waals surface area contributed by atoms with Crippen LogP contribution in [0.15, 0.2) is 70.3 Å². The summed E-state index contributed by atoms with van der Waals surface area (Å²) in [5.41, 5.74) is 0.417. The lowest BCUT2D eigenvalue weighted by Crippen LogP contribution is -2.19. The van der Waals surface area contributed by atoms with Crippen molar-refractivity contribution in [3.8, 4) is 0 Å². The lowest BCUT2D eigenvalue weighted by molar-refractivity contribution is -0.135. The van der Waals surface area contributed by atoms with Crippen molar-refractivity contribution in [1.29, 1.82) is 0 Å². The number of carbonyl (C=O) groups excluding carboxylic acids is 1. The molecule has 0 amide bonds. The topological polar surface area (TPSA) is 66.9 Å². The van der Waals surface area contributed by atoms with E-state index in [1.54, 1.807) is 56.2 Å². The van der Waals surface area contributed by atoms with E-state index in [0.717, 1.165) is 0 Å². The Hall–Kier alpha value is -2.54. The van der Waals surface area contributed by atoms with E-state index >= 15 is 0 Å². The Morgan fingerprint density at radius 3 is 2.12 bits per heavy atom. The second-order valence-electron chi connectivity index (χ2n) is 5.70. The fourth-order valence-corrected chi connectivity index (χ4v) is 3.34. The first-order valence-electron chi connectivity index (χ1n) is 7.46. The molecule has 0 aliphatic carbocycles. The summed E-state index contributed by atoms with van der Waals surface area (Å²) in [5, 5.41) is 0. The minimum atomic E-state index is -3.82. The third-order valence-corrected chi connectivity index (χ3v) is 5.03. The van der Waals surface area contributed by atoms with Gasteiger partial charge in [-0.05, 0) is 18.2 Å². The maximum absolute atomic E-state index is 13.0. The zero-order chi connectivity index (χ0) is 19.2. The summed E-state index contributed by atoms with van der Waals surface area (Å²) in [5.74, 6) is -0.661. The Morgan fingerprint density at radius 1 is 1.12 bits per heavy atom. The highest BCUT2D eigenvalue weighted by atomic mass is 32.2. The van der Waals surface area contributed by atoms with E-state index in [2.05, 4.69) is 6.58 Å². The van der Waals surface area contributed by atoms with Crippen LogP contribution < -0.4 is 0 Å². The number of ether oxygens (including phenoxy) is 1. The first-order chi connectivity index (χ1) is 11.6. The first-order valence-corrected chi connectivity index (χ1v) is 8.94. The Bertz CT molecular complexity index is 792. The molecule has 25 heavy (non-hydrogen) atoms. The number of esters is 1. The monoisotopic (exact) mass is 364 g/mol. The van der Waals surface area contributed by atoms with Gasteiger partial charge in [-0.25, -0.2) is 13.2 Å². The average Bonchev–Trinajstić information content (AvgIpc) is 2.57. The van der Waals surface area contributed by atoms with Crippen molar-refractivity contribution >= 4 is 15.8 Å². The number of allylic oxidation sites excluding steroid dienone is 1. The van der Waals surface area contributed by atoms with Gasteiger partial charge in [0, 0.05) is 40.1 Å². The van der Waals surface area contributed by atoms with Gasteiger partial charge in [-0.1, -0.05) is 24.8 Å². The van der Waals surface area contributed by atoms with Crippen molar-refractivity contribution in [2.45, 2.75) is 4.90 Å². The van der Waals surface area contributed by atoms with Crippen LogP contribution in [0.25, 0.3) is 0 Å². The van der Waals surface area contributed by atoms with Gasteiger partial charge >= 0.3 is 5.97 Å². The molecule has 0 atom stereocenters. The molecule has 0 aromatic heterocycles. The molecule has 0 saturated heterocycles. The molecule has 1 aromatic rings. The number of benzene rings is 1. The van der Waals surface area contributed by atoms with Crippen molar-refractivity contribution in [2.24, 2.45) is 0 Å². The molecule has 0 heterocycles. The number of rotatable bonds is 7. The lowest BCUT2D eigenvalue weighted by atomic mass is 10.2. The van der Waals surface area contributed by atoms with Crippen LogP contribution in [0.2, 0.25) is 0 Å². The number of sulfone groups is 1. The van der Waals surface area contributed by atoms with Crippen LogP contribution in [0.1, 0.15) is 0 Å². The molecular formula is C18H24N2O4S. The molecular weight excluding hydrogens is 340 g/mol. The lowest BCUT2D eigenvalue weighted by Gasteiger charge is -2.18. The number of methoxy groups -OCH3 is 1. The van der Waals surface area contributed by atoms with Crippen molar-refractivity contribution in [2.75, 3.05) is 35.3 Å². The van der Waals surface area contributed by atoms with Gasteiger partial charge in [0.15, 0.2) is 0 Å². The van der Waals surface area contributed by atoms with Crippen LogP contribution in [-0.2, 0) is 19.4 Å². The maximum atomic E-state index is 13.0. The summed E-state index contributed by atoms with van der Waals surface area (Å²) in [6.45, 7) is 3.83. The standard InChI is InChI=1S/C18H24N2O4S/c1-14(20(4)5)17(18(21)24-6)12-16(13-19(2)3)25(22,23)15-10-8-7-9-11-15/h7-13H,1H2,2-6H3/b16-13-,17-12+. The van der Waals surface area contributed by atoms with E-state index in [-0.39, 0.29) is 15.4 Å². The fraction of sp³-hybridized carbons (Fsp3) is 0.278. The normalized spacial score (nSPS) is 12.5. The van der Waals surface area contributed by atoms with Crippen LogP contribution in [0.3, 0.4) is 0 Å². The van der Waals surface area contributed by atoms with E-state index < -0.39 is 15.8 Å². The highest BCUT2D eigenvalue weighted by Gasteiger charge is 2.23. The molecule has 7 heteroatoms. The summed E-state index contributed by atoms with van der Waals surface area (Å²) in [6, 6.07) is 8.03. The van der Waals surface area contributed by atoms with Crippen LogP contribution >= 0.6 is 0 Å². The van der Waals surface area contributed by atoms with Gasteiger partial charge in [-0.2, -0.15) is 0 Å². The smallest absolute Gasteiger partial charge is 0.339 e. The van der Waals surface area contributed by atoms with Crippen LogP contribution in [0.5, 0.6) is 0 Å². The molecule has 0 N–H and O–H groups in total. The van der Waals surface area contributed by atoms with Crippen molar-refractivity contribution in [3.05, 3.63) is 65.4 Å². The molecule has 0 fully saturated rings. The van der Waals surface area contributed by atoms with Crippen molar-refractivity contribution in [3.63, 3.8) is 0 Å². The predicted octanol–water partition coefficient (Wildman–Crippen LogP) is 2.04. The van der Waals surface area contributed by atoms with Crippen molar-refractivity contribution < 1.29 is 17.9 Å². The van der Waals surface area contributed by atoms with Crippen molar-refractivity contribution in [1.82, 2.24) is 9.80 Å². The van der Waals surface area contributed by atoms with Gasteiger partial charge in [-0.3, -0.25) is 0 Å². The molecule has 0 unspecified atom stereocenters. The Kier molecular flexibility index (Phi) is 6.99.